The van der Waals surface area contributed by atoms with Gasteiger partial charge in [0.1, 0.15) is 23.1 Å². The van der Waals surface area contributed by atoms with Crippen LogP contribution in [0.4, 0.5) is 0 Å². The highest BCUT2D eigenvalue weighted by Crippen LogP contribution is 2.22. The third-order valence-electron chi connectivity index (χ3n) is 6.33. The van der Waals surface area contributed by atoms with Crippen LogP contribution in [0.3, 0.4) is 0 Å². The molecule has 1 saturated carbocycles. The van der Waals surface area contributed by atoms with Crippen LogP contribution in [-0.4, -0.2) is 28.9 Å². The first-order chi connectivity index (χ1) is 17.5. The number of amides is 2. The normalized spacial score (nSPS) is 17.8. The molecule has 2 amide bonds. The molecule has 188 valence electrons. The topological polar surface area (TPSA) is 80.3 Å². The Morgan fingerprint density at radius 3 is 2.42 bits per heavy atom. The molecule has 2 atom stereocenters. The fourth-order valence-electron chi connectivity index (χ4n) is 4.26. The van der Waals surface area contributed by atoms with Crippen molar-refractivity contribution in [2.75, 3.05) is 0 Å². The molecule has 0 saturated heterocycles. The van der Waals surface area contributed by atoms with E-state index in [2.05, 4.69) is 41.6 Å². The van der Waals surface area contributed by atoms with Gasteiger partial charge in [0.05, 0.1) is 0 Å². The van der Waals surface area contributed by atoms with Gasteiger partial charge < -0.3 is 15.4 Å². The fraction of sp³-hybridized carbons (Fsp3) is 0.345. The molecule has 36 heavy (non-hydrogen) atoms. The Kier molecular flexibility index (Phi) is 8.90. The van der Waals surface area contributed by atoms with E-state index in [9.17, 15) is 9.59 Å². The number of hydrogen-bond acceptors (Lipinski definition) is 5. The van der Waals surface area contributed by atoms with Crippen molar-refractivity contribution in [1.29, 1.82) is 0 Å². The molecule has 1 aliphatic rings. The third-order valence-corrected chi connectivity index (χ3v) is 7.15. The van der Waals surface area contributed by atoms with Gasteiger partial charge in [-0.15, -0.1) is 11.3 Å². The van der Waals surface area contributed by atoms with Crippen molar-refractivity contribution in [3.05, 3.63) is 87.9 Å². The van der Waals surface area contributed by atoms with Crippen LogP contribution in [-0.2, 0) is 11.4 Å². The van der Waals surface area contributed by atoms with E-state index < -0.39 is 0 Å². The summed E-state index contributed by atoms with van der Waals surface area (Å²) in [6.07, 6.45) is 7.04. The van der Waals surface area contributed by atoms with Crippen molar-refractivity contribution < 1.29 is 14.3 Å². The minimum Gasteiger partial charge on any atom is -0.486 e. The lowest BCUT2D eigenvalue weighted by molar-refractivity contribution is -0.117. The summed E-state index contributed by atoms with van der Waals surface area (Å²) >= 11 is 1.41. The van der Waals surface area contributed by atoms with Gasteiger partial charge >= 0.3 is 0 Å². The van der Waals surface area contributed by atoms with Gasteiger partial charge in [-0.2, -0.15) is 0 Å². The molecule has 1 heterocycles. The number of carbonyl (C=O) groups excluding carboxylic acids is 2. The SMILES string of the molecule is CC(C)c1ccc(OCc2nc(C(=O)NC3CCCCC3NC(=O)/C=C/c3ccccc3)cs2)cc1. The number of hydrogen-bond donors (Lipinski definition) is 2. The van der Waals surface area contributed by atoms with E-state index in [1.807, 2.05) is 42.5 Å². The van der Waals surface area contributed by atoms with Crippen LogP contribution in [0, 0.1) is 0 Å². The van der Waals surface area contributed by atoms with Crippen LogP contribution >= 0.6 is 11.3 Å². The van der Waals surface area contributed by atoms with E-state index in [0.29, 0.717) is 18.2 Å². The summed E-state index contributed by atoms with van der Waals surface area (Å²) in [6.45, 7) is 4.63. The molecule has 2 N–H and O–H groups in total. The van der Waals surface area contributed by atoms with Gasteiger partial charge in [-0.1, -0.05) is 69.2 Å². The Morgan fingerprint density at radius 2 is 1.72 bits per heavy atom. The number of carbonyl (C=O) groups is 2. The Bertz CT molecular complexity index is 1170. The number of rotatable bonds is 9. The number of benzene rings is 2. The first-order valence-electron chi connectivity index (χ1n) is 12.5. The van der Waals surface area contributed by atoms with Crippen molar-refractivity contribution in [3.8, 4) is 5.75 Å². The summed E-state index contributed by atoms with van der Waals surface area (Å²) in [4.78, 5) is 29.9. The highest BCUT2D eigenvalue weighted by molar-refractivity contribution is 7.09. The van der Waals surface area contributed by atoms with E-state index in [1.54, 1.807) is 17.5 Å². The summed E-state index contributed by atoms with van der Waals surface area (Å²) in [7, 11) is 0. The summed E-state index contributed by atoms with van der Waals surface area (Å²) < 4.78 is 5.85. The maximum Gasteiger partial charge on any atom is 0.271 e. The highest BCUT2D eigenvalue weighted by atomic mass is 32.1. The molecule has 4 rings (SSSR count). The maximum absolute atomic E-state index is 12.9. The fourth-order valence-corrected chi connectivity index (χ4v) is 4.95. The van der Waals surface area contributed by atoms with Gasteiger partial charge in [0, 0.05) is 23.5 Å². The van der Waals surface area contributed by atoms with Crippen molar-refractivity contribution in [1.82, 2.24) is 15.6 Å². The molecule has 0 spiro atoms. The number of ether oxygens (including phenoxy) is 1. The van der Waals surface area contributed by atoms with E-state index in [1.165, 1.54) is 16.9 Å². The Hall–Kier alpha value is -3.45. The van der Waals surface area contributed by atoms with Gasteiger partial charge in [0.15, 0.2) is 0 Å². The lowest BCUT2D eigenvalue weighted by atomic mass is 9.90. The van der Waals surface area contributed by atoms with Gasteiger partial charge in [-0.25, -0.2) is 4.98 Å². The maximum atomic E-state index is 12.9. The summed E-state index contributed by atoms with van der Waals surface area (Å²) in [5, 5.41) is 8.67. The zero-order valence-electron chi connectivity index (χ0n) is 20.8. The van der Waals surface area contributed by atoms with E-state index in [-0.39, 0.29) is 23.9 Å². The molecule has 1 aromatic heterocycles. The first kappa shape index (κ1) is 25.6. The minimum absolute atomic E-state index is 0.106. The Labute approximate surface area is 216 Å². The molecule has 1 aliphatic carbocycles. The molecule has 3 aromatic rings. The summed E-state index contributed by atoms with van der Waals surface area (Å²) in [5.74, 6) is 0.883. The first-order valence-corrected chi connectivity index (χ1v) is 13.4. The largest absolute Gasteiger partial charge is 0.486 e. The predicted octanol–water partition coefficient (Wildman–Crippen LogP) is 5.72. The Morgan fingerprint density at radius 1 is 1.03 bits per heavy atom. The molecule has 7 heteroatoms. The number of thiazole rings is 1. The van der Waals surface area contributed by atoms with Gasteiger partial charge in [0.25, 0.3) is 5.91 Å². The smallest absolute Gasteiger partial charge is 0.271 e. The summed E-state index contributed by atoms with van der Waals surface area (Å²) in [6, 6.07) is 17.5. The van der Waals surface area contributed by atoms with Crippen LogP contribution in [0.25, 0.3) is 6.08 Å². The molecular weight excluding hydrogens is 470 g/mol. The number of aromatic nitrogens is 1. The lowest BCUT2D eigenvalue weighted by Crippen LogP contribution is -2.53. The average molecular weight is 504 g/mol. The standard InChI is InChI=1S/C29H33N3O3S/c1-20(2)22-13-15-23(16-14-22)35-18-28-31-26(19-36-28)29(34)32-25-11-7-6-10-24(25)30-27(33)17-12-21-8-4-3-5-9-21/h3-5,8-9,12-17,19-20,24-25H,6-7,10-11,18H2,1-2H3,(H,30,33)(H,32,34)/b17-12+. The quantitative estimate of drug-likeness (QED) is 0.366. The van der Waals surface area contributed by atoms with Crippen molar-refractivity contribution >= 4 is 29.2 Å². The van der Waals surface area contributed by atoms with Crippen molar-refractivity contribution in [2.24, 2.45) is 0 Å². The van der Waals surface area contributed by atoms with Crippen LogP contribution in [0.15, 0.2) is 66.1 Å². The lowest BCUT2D eigenvalue weighted by Gasteiger charge is -2.32. The van der Waals surface area contributed by atoms with Crippen LogP contribution in [0.2, 0.25) is 0 Å². The van der Waals surface area contributed by atoms with E-state index in [0.717, 1.165) is 42.0 Å². The molecule has 1 fully saturated rings. The highest BCUT2D eigenvalue weighted by Gasteiger charge is 2.28. The Balaban J connectivity index is 1.29. The zero-order chi connectivity index (χ0) is 25.3. The number of nitrogens with one attached hydrogen (secondary N) is 2. The molecule has 2 unspecified atom stereocenters. The van der Waals surface area contributed by atoms with Crippen molar-refractivity contribution in [2.45, 2.75) is 64.1 Å². The van der Waals surface area contributed by atoms with Crippen LogP contribution in [0.1, 0.15) is 72.1 Å². The molecule has 2 aromatic carbocycles. The van der Waals surface area contributed by atoms with Crippen LogP contribution in [0.5, 0.6) is 5.75 Å². The number of nitrogens with zero attached hydrogens (tertiary/aromatic N) is 1. The van der Waals surface area contributed by atoms with Gasteiger partial charge in [0.2, 0.25) is 5.91 Å². The van der Waals surface area contributed by atoms with E-state index >= 15 is 0 Å². The second kappa shape index (κ2) is 12.5. The molecular formula is C29H33N3O3S. The molecule has 0 bridgehead atoms. The van der Waals surface area contributed by atoms with Crippen molar-refractivity contribution in [3.63, 3.8) is 0 Å². The van der Waals surface area contributed by atoms with Gasteiger partial charge in [-0.05, 0) is 48.1 Å². The van der Waals surface area contributed by atoms with Crippen LogP contribution < -0.4 is 15.4 Å². The monoisotopic (exact) mass is 503 g/mol. The molecule has 0 aliphatic heterocycles. The predicted molar refractivity (Wildman–Crippen MR) is 144 cm³/mol. The van der Waals surface area contributed by atoms with E-state index in [4.69, 9.17) is 4.74 Å². The van der Waals surface area contributed by atoms with Gasteiger partial charge in [-0.3, -0.25) is 9.59 Å². The zero-order valence-corrected chi connectivity index (χ0v) is 21.6. The molecule has 6 nitrogen and oxygen atoms in total. The second-order valence-electron chi connectivity index (χ2n) is 9.36. The summed E-state index contributed by atoms with van der Waals surface area (Å²) in [5.41, 5.74) is 2.62. The minimum atomic E-state index is -0.218. The molecule has 0 radical (unpaired) electrons. The second-order valence-corrected chi connectivity index (χ2v) is 10.3. The third kappa shape index (κ3) is 7.28. The average Bonchev–Trinajstić information content (AvgIpc) is 3.38.